The second-order valence-electron chi connectivity index (χ2n) is 6.62. The molecule has 0 spiro atoms. The summed E-state index contributed by atoms with van der Waals surface area (Å²) >= 11 is 0. The van der Waals surface area contributed by atoms with Crippen molar-refractivity contribution in [2.45, 2.75) is 46.2 Å². The quantitative estimate of drug-likeness (QED) is 0.808. The zero-order valence-corrected chi connectivity index (χ0v) is 15.4. The lowest BCUT2D eigenvalue weighted by molar-refractivity contribution is -0.140. The molecule has 5 nitrogen and oxygen atoms in total. The number of halogens is 2. The minimum absolute atomic E-state index is 0.0126. The first-order valence-corrected chi connectivity index (χ1v) is 8.49. The second kappa shape index (κ2) is 9.89. The van der Waals surface area contributed by atoms with Crippen LogP contribution in [0.5, 0.6) is 0 Å². The maximum absolute atomic E-state index is 13.3. The number of nitrogens with one attached hydrogen (secondary N) is 1. The molecule has 1 fully saturated rings. The highest BCUT2D eigenvalue weighted by Crippen LogP contribution is 2.17. The van der Waals surface area contributed by atoms with E-state index in [1.807, 2.05) is 13.8 Å². The summed E-state index contributed by atoms with van der Waals surface area (Å²) in [6.07, 6.45) is 1.31. The first kappa shape index (κ1) is 21.6. The van der Waals surface area contributed by atoms with Gasteiger partial charge in [-0.3, -0.25) is 4.79 Å². The zero-order valence-electron chi connectivity index (χ0n) is 15.4. The number of likely N-dealkylation sites (tertiary alicyclic amines) is 1. The molecule has 0 aliphatic carbocycles. The van der Waals surface area contributed by atoms with Crippen LogP contribution in [0, 0.1) is 17.6 Å². The first-order valence-electron chi connectivity index (χ1n) is 8.49. The van der Waals surface area contributed by atoms with Crippen LogP contribution in [0.4, 0.5) is 8.78 Å². The molecule has 2 rings (SSSR count). The Morgan fingerprint density at radius 3 is 2.46 bits per heavy atom. The highest BCUT2D eigenvalue weighted by Gasteiger charge is 2.22. The van der Waals surface area contributed by atoms with Gasteiger partial charge >= 0.3 is 5.97 Å². The van der Waals surface area contributed by atoms with Gasteiger partial charge < -0.3 is 15.3 Å². The largest absolute Gasteiger partial charge is 0.480 e. The fourth-order valence-corrected chi connectivity index (χ4v) is 2.53. The summed E-state index contributed by atoms with van der Waals surface area (Å²) < 4.78 is 26.1. The molecule has 2 N–H and O–H groups in total. The fraction of sp³-hybridized carbons (Fsp3) is 0.474. The van der Waals surface area contributed by atoms with Crippen LogP contribution in [-0.4, -0.2) is 34.5 Å². The number of carbonyl (C=O) groups is 2. The van der Waals surface area contributed by atoms with Crippen LogP contribution in [0.25, 0.3) is 0 Å². The summed E-state index contributed by atoms with van der Waals surface area (Å²) in [6.45, 7) is 9.85. The molecule has 7 heteroatoms. The Bertz CT molecular complexity index is 662. The van der Waals surface area contributed by atoms with Crippen molar-refractivity contribution in [3.8, 4) is 0 Å². The van der Waals surface area contributed by atoms with E-state index in [4.69, 9.17) is 5.11 Å². The summed E-state index contributed by atoms with van der Waals surface area (Å²) in [5.74, 6) is -2.46. The number of carboxylic acids is 1. The molecule has 1 aromatic rings. The SMILES string of the molecule is C=C(C)NC(C(=O)O)C(C)C.O=C1CCCN1Cc1cccc(F)c1F. The summed E-state index contributed by atoms with van der Waals surface area (Å²) in [5.41, 5.74) is 0.927. The lowest BCUT2D eigenvalue weighted by Gasteiger charge is -2.18. The predicted molar refractivity (Wildman–Crippen MR) is 95.2 cm³/mol. The van der Waals surface area contributed by atoms with Crippen LogP contribution >= 0.6 is 0 Å². The van der Waals surface area contributed by atoms with E-state index in [1.165, 1.54) is 12.1 Å². The molecule has 1 unspecified atom stereocenters. The number of nitrogens with zero attached hydrogens (tertiary/aromatic N) is 1. The van der Waals surface area contributed by atoms with Gasteiger partial charge in [0, 0.05) is 30.8 Å². The van der Waals surface area contributed by atoms with Crippen LogP contribution in [0.2, 0.25) is 0 Å². The van der Waals surface area contributed by atoms with Gasteiger partial charge in [0.2, 0.25) is 5.91 Å². The second-order valence-corrected chi connectivity index (χ2v) is 6.62. The number of hydrogen-bond donors (Lipinski definition) is 2. The molecular weight excluding hydrogens is 342 g/mol. The Balaban J connectivity index is 0.000000276. The molecule has 0 radical (unpaired) electrons. The summed E-state index contributed by atoms with van der Waals surface area (Å²) in [4.78, 5) is 23.4. The summed E-state index contributed by atoms with van der Waals surface area (Å²) in [6, 6.07) is 3.51. The van der Waals surface area contributed by atoms with Gasteiger partial charge in [-0.1, -0.05) is 32.6 Å². The molecule has 1 amide bonds. The van der Waals surface area contributed by atoms with E-state index in [0.717, 1.165) is 12.5 Å². The Morgan fingerprint density at radius 1 is 1.38 bits per heavy atom. The van der Waals surface area contributed by atoms with Gasteiger partial charge in [-0.05, 0) is 25.3 Å². The lowest BCUT2D eigenvalue weighted by atomic mass is 10.0. The van der Waals surface area contributed by atoms with E-state index in [1.54, 1.807) is 11.8 Å². The van der Waals surface area contributed by atoms with Crippen molar-refractivity contribution in [1.29, 1.82) is 0 Å². The maximum atomic E-state index is 13.3. The van der Waals surface area contributed by atoms with E-state index >= 15 is 0 Å². The highest BCUT2D eigenvalue weighted by atomic mass is 19.2. The normalized spacial score (nSPS) is 14.7. The molecule has 26 heavy (non-hydrogen) atoms. The Hall–Kier alpha value is -2.44. The van der Waals surface area contributed by atoms with Crippen molar-refractivity contribution in [3.05, 3.63) is 47.7 Å². The number of hydrogen-bond acceptors (Lipinski definition) is 3. The molecule has 1 atom stereocenters. The third-order valence-corrected chi connectivity index (χ3v) is 3.90. The smallest absolute Gasteiger partial charge is 0.326 e. The van der Waals surface area contributed by atoms with E-state index in [0.29, 0.717) is 18.7 Å². The van der Waals surface area contributed by atoms with Gasteiger partial charge in [0.15, 0.2) is 11.6 Å². The maximum Gasteiger partial charge on any atom is 0.326 e. The number of allylic oxidation sites excluding steroid dienone is 1. The van der Waals surface area contributed by atoms with E-state index in [-0.39, 0.29) is 23.9 Å². The molecule has 1 aliphatic heterocycles. The van der Waals surface area contributed by atoms with Crippen LogP contribution < -0.4 is 5.32 Å². The van der Waals surface area contributed by atoms with Crippen LogP contribution in [0.1, 0.15) is 39.2 Å². The van der Waals surface area contributed by atoms with Crippen molar-refractivity contribution in [1.82, 2.24) is 10.2 Å². The molecular formula is C19H26F2N2O3. The van der Waals surface area contributed by atoms with Crippen LogP contribution in [0.15, 0.2) is 30.5 Å². The molecule has 0 aromatic heterocycles. The van der Waals surface area contributed by atoms with Gasteiger partial charge in [0.05, 0.1) is 0 Å². The number of carbonyl (C=O) groups excluding carboxylic acids is 1. The zero-order chi connectivity index (χ0) is 19.9. The van der Waals surface area contributed by atoms with Gasteiger partial charge in [0.25, 0.3) is 0 Å². The van der Waals surface area contributed by atoms with E-state index in [2.05, 4.69) is 11.9 Å². The van der Waals surface area contributed by atoms with Gasteiger partial charge in [0.1, 0.15) is 6.04 Å². The fourth-order valence-electron chi connectivity index (χ4n) is 2.53. The molecule has 1 saturated heterocycles. The molecule has 0 bridgehead atoms. The Kier molecular flexibility index (Phi) is 8.22. The monoisotopic (exact) mass is 368 g/mol. The van der Waals surface area contributed by atoms with Gasteiger partial charge in [-0.2, -0.15) is 0 Å². The number of benzene rings is 1. The third-order valence-electron chi connectivity index (χ3n) is 3.90. The molecule has 144 valence electrons. The van der Waals surface area contributed by atoms with Gasteiger partial charge in [-0.25, -0.2) is 13.6 Å². The van der Waals surface area contributed by atoms with Crippen molar-refractivity contribution < 1.29 is 23.5 Å². The standard InChI is InChI=1S/C11H11F2NO.C8H15NO2/c12-9-4-1-3-8(11(9)13)7-14-6-2-5-10(14)15;1-5(2)7(8(10)11)9-6(3)4/h1,3-4H,2,5-7H2;5,7,9H,3H2,1-2,4H3,(H,10,11). The summed E-state index contributed by atoms with van der Waals surface area (Å²) in [5, 5.41) is 11.5. The third kappa shape index (κ3) is 6.46. The molecule has 0 saturated carbocycles. The molecule has 1 aliphatic rings. The van der Waals surface area contributed by atoms with Gasteiger partial charge in [-0.15, -0.1) is 0 Å². The van der Waals surface area contributed by atoms with E-state index in [9.17, 15) is 18.4 Å². The number of amides is 1. The molecule has 1 aromatic carbocycles. The predicted octanol–water partition coefficient (Wildman–Crippen LogP) is 3.31. The van der Waals surface area contributed by atoms with E-state index < -0.39 is 23.6 Å². The lowest BCUT2D eigenvalue weighted by Crippen LogP contribution is -2.39. The topological polar surface area (TPSA) is 69.6 Å². The molecule has 1 heterocycles. The number of rotatable bonds is 6. The summed E-state index contributed by atoms with van der Waals surface area (Å²) in [7, 11) is 0. The Morgan fingerprint density at radius 2 is 2.04 bits per heavy atom. The first-order chi connectivity index (χ1) is 12.1. The Labute approximate surface area is 152 Å². The van der Waals surface area contributed by atoms with Crippen molar-refractivity contribution in [2.75, 3.05) is 6.54 Å². The average Bonchev–Trinajstić information content (AvgIpc) is 2.94. The highest BCUT2D eigenvalue weighted by molar-refractivity contribution is 5.78. The van der Waals surface area contributed by atoms with Crippen LogP contribution in [-0.2, 0) is 16.1 Å². The minimum atomic E-state index is -0.862. The number of carboxylic acid groups (broad SMARTS) is 1. The van der Waals surface area contributed by atoms with Crippen molar-refractivity contribution in [2.24, 2.45) is 5.92 Å². The minimum Gasteiger partial charge on any atom is -0.480 e. The van der Waals surface area contributed by atoms with Crippen molar-refractivity contribution >= 4 is 11.9 Å². The van der Waals surface area contributed by atoms with Crippen molar-refractivity contribution in [3.63, 3.8) is 0 Å². The average molecular weight is 368 g/mol. The number of aliphatic carboxylic acids is 1. The van der Waals surface area contributed by atoms with Crippen LogP contribution in [0.3, 0.4) is 0 Å².